The van der Waals surface area contributed by atoms with E-state index in [0.717, 1.165) is 42.2 Å². The van der Waals surface area contributed by atoms with Crippen LogP contribution in [-0.4, -0.2) is 44.9 Å². The zero-order chi connectivity index (χ0) is 23.6. The van der Waals surface area contributed by atoms with Gasteiger partial charge in [0.15, 0.2) is 11.5 Å². The Balaban J connectivity index is 1.41. The van der Waals surface area contributed by atoms with Gasteiger partial charge < -0.3 is 18.8 Å². The fourth-order valence-electron chi connectivity index (χ4n) is 4.04. The fraction of sp³-hybridized carbons (Fsp3) is 0.375. The molecule has 3 aromatic rings. The maximum Gasteiger partial charge on any atom is 0.231 e. The number of hydrogen-bond acceptors (Lipinski definition) is 7. The van der Waals surface area contributed by atoms with Gasteiger partial charge in [0.1, 0.15) is 5.76 Å². The maximum atomic E-state index is 11.7. The molecule has 1 atom stereocenters. The van der Waals surface area contributed by atoms with Gasteiger partial charge in [0.05, 0.1) is 23.2 Å². The van der Waals surface area contributed by atoms with Crippen molar-refractivity contribution in [1.82, 2.24) is 9.88 Å². The van der Waals surface area contributed by atoms with Crippen LogP contribution in [0.15, 0.2) is 46.9 Å². The zero-order valence-corrected chi connectivity index (χ0v) is 20.1. The van der Waals surface area contributed by atoms with Crippen molar-refractivity contribution in [1.29, 1.82) is 0 Å². The first-order valence-corrected chi connectivity index (χ1v) is 12.7. The number of nitrogens with one attached hydrogen (secondary N) is 1. The van der Waals surface area contributed by atoms with E-state index in [4.69, 9.17) is 13.9 Å². The Labute approximate surface area is 194 Å². The van der Waals surface area contributed by atoms with Crippen molar-refractivity contribution in [2.24, 2.45) is 5.92 Å². The molecule has 0 fully saturated rings. The molecule has 4 rings (SSSR count). The summed E-state index contributed by atoms with van der Waals surface area (Å²) in [6.07, 6.45) is 2.05. The van der Waals surface area contributed by atoms with E-state index in [2.05, 4.69) is 40.7 Å². The summed E-state index contributed by atoms with van der Waals surface area (Å²) in [7, 11) is -1.36. The molecule has 0 radical (unpaired) electrons. The average Bonchev–Trinajstić information content (AvgIpc) is 3.33. The number of anilines is 1. The Kier molecular flexibility index (Phi) is 6.62. The zero-order valence-electron chi connectivity index (χ0n) is 19.3. The normalized spacial score (nSPS) is 14.0. The molecular formula is C24H29N3O5S. The number of aryl methyl sites for hydroxylation is 1. The molecular weight excluding hydrogens is 442 g/mol. The van der Waals surface area contributed by atoms with Crippen LogP contribution in [0, 0.1) is 12.8 Å². The largest absolute Gasteiger partial charge is 0.454 e. The number of fused-ring (bicyclic) bond motifs is 1. The number of sulfonamides is 1. The Hall–Kier alpha value is -3.04. The van der Waals surface area contributed by atoms with Crippen LogP contribution in [-0.2, 0) is 23.0 Å². The molecule has 1 N–H and O–H groups in total. The number of oxazole rings is 1. The minimum absolute atomic E-state index is 0.283. The van der Waals surface area contributed by atoms with Gasteiger partial charge in [0.2, 0.25) is 22.7 Å². The van der Waals surface area contributed by atoms with Crippen LogP contribution in [0.2, 0.25) is 0 Å². The van der Waals surface area contributed by atoms with Crippen LogP contribution in [0.4, 0.5) is 5.69 Å². The molecule has 1 unspecified atom stereocenters. The summed E-state index contributed by atoms with van der Waals surface area (Å²) in [5.74, 6) is 3.14. The number of ether oxygens (including phenoxy) is 2. The summed E-state index contributed by atoms with van der Waals surface area (Å²) in [4.78, 5) is 6.88. The first-order chi connectivity index (χ1) is 15.7. The molecule has 33 heavy (non-hydrogen) atoms. The lowest BCUT2D eigenvalue weighted by atomic mass is 10.00. The first-order valence-electron chi connectivity index (χ1n) is 10.8. The smallest absolute Gasteiger partial charge is 0.231 e. The maximum absolute atomic E-state index is 11.7. The Morgan fingerprint density at radius 1 is 1.15 bits per heavy atom. The van der Waals surface area contributed by atoms with Gasteiger partial charge in [0, 0.05) is 13.1 Å². The Morgan fingerprint density at radius 2 is 1.91 bits per heavy atom. The lowest BCUT2D eigenvalue weighted by molar-refractivity contribution is 0.174. The fourth-order valence-corrected chi connectivity index (χ4v) is 4.61. The SMILES string of the molecule is Cc1oc(-c2ccccc2NS(C)(=O)=O)nc1CN(C)CC(C)Cc1ccc2c(c1)OCO2. The molecule has 0 saturated carbocycles. The predicted octanol–water partition coefficient (Wildman–Crippen LogP) is 4.06. The number of nitrogens with zero attached hydrogens (tertiary/aromatic N) is 2. The molecule has 0 bridgehead atoms. The molecule has 0 saturated heterocycles. The van der Waals surface area contributed by atoms with Gasteiger partial charge in [-0.1, -0.05) is 25.1 Å². The molecule has 8 nitrogen and oxygen atoms in total. The minimum atomic E-state index is -3.42. The lowest BCUT2D eigenvalue weighted by Gasteiger charge is -2.20. The number of benzene rings is 2. The van der Waals surface area contributed by atoms with Crippen molar-refractivity contribution in [3.63, 3.8) is 0 Å². The topological polar surface area (TPSA) is 93.9 Å². The highest BCUT2D eigenvalue weighted by Crippen LogP contribution is 2.33. The third-order valence-corrected chi connectivity index (χ3v) is 6.00. The molecule has 0 spiro atoms. The van der Waals surface area contributed by atoms with Crippen molar-refractivity contribution in [2.45, 2.75) is 26.8 Å². The van der Waals surface area contributed by atoms with Crippen LogP contribution in [0.25, 0.3) is 11.5 Å². The van der Waals surface area contributed by atoms with Crippen molar-refractivity contribution in [2.75, 3.05) is 31.4 Å². The number of aromatic nitrogens is 1. The summed E-state index contributed by atoms with van der Waals surface area (Å²) in [6, 6.07) is 13.2. The standard InChI is InChI=1S/C24H29N3O5S/c1-16(11-18-9-10-22-23(12-18)31-15-30-22)13-27(3)14-21-17(2)32-24(25-21)19-7-5-6-8-20(19)26-33(4,28)29/h5-10,12,16,26H,11,13-15H2,1-4H3. The van der Waals surface area contributed by atoms with Gasteiger partial charge in [-0.15, -0.1) is 0 Å². The van der Waals surface area contributed by atoms with Crippen LogP contribution in [0.5, 0.6) is 11.5 Å². The molecule has 1 aliphatic rings. The van der Waals surface area contributed by atoms with Crippen LogP contribution >= 0.6 is 0 Å². The van der Waals surface area contributed by atoms with E-state index < -0.39 is 10.0 Å². The highest BCUT2D eigenvalue weighted by molar-refractivity contribution is 7.92. The molecule has 9 heteroatoms. The van der Waals surface area contributed by atoms with Gasteiger partial charge in [-0.05, 0) is 56.1 Å². The van der Waals surface area contributed by atoms with E-state index in [1.165, 1.54) is 5.56 Å². The average molecular weight is 472 g/mol. The van der Waals surface area contributed by atoms with Crippen molar-refractivity contribution in [3.8, 4) is 23.0 Å². The number of rotatable bonds is 9. The monoisotopic (exact) mass is 471 g/mol. The molecule has 2 heterocycles. The lowest BCUT2D eigenvalue weighted by Crippen LogP contribution is -2.25. The van der Waals surface area contributed by atoms with Crippen LogP contribution in [0.3, 0.4) is 0 Å². The second kappa shape index (κ2) is 9.44. The summed E-state index contributed by atoms with van der Waals surface area (Å²) < 4.78 is 42.7. The van der Waals surface area contributed by atoms with E-state index in [0.29, 0.717) is 29.6 Å². The number of para-hydroxylation sites is 1. The van der Waals surface area contributed by atoms with Gasteiger partial charge in [-0.2, -0.15) is 0 Å². The molecule has 1 aromatic heterocycles. The molecule has 2 aromatic carbocycles. The van der Waals surface area contributed by atoms with Gasteiger partial charge >= 0.3 is 0 Å². The van der Waals surface area contributed by atoms with Gasteiger partial charge in [-0.25, -0.2) is 13.4 Å². The molecule has 0 aliphatic carbocycles. The molecule has 176 valence electrons. The third kappa shape index (κ3) is 5.85. The summed E-state index contributed by atoms with van der Waals surface area (Å²) in [6.45, 7) is 5.88. The summed E-state index contributed by atoms with van der Waals surface area (Å²) in [5, 5.41) is 0. The van der Waals surface area contributed by atoms with Crippen molar-refractivity contribution >= 4 is 15.7 Å². The van der Waals surface area contributed by atoms with Gasteiger partial charge in [0.25, 0.3) is 0 Å². The van der Waals surface area contributed by atoms with Crippen molar-refractivity contribution < 1.29 is 22.3 Å². The quantitative estimate of drug-likeness (QED) is 0.503. The van der Waals surface area contributed by atoms with E-state index >= 15 is 0 Å². The van der Waals surface area contributed by atoms with Gasteiger partial charge in [-0.3, -0.25) is 4.72 Å². The highest BCUT2D eigenvalue weighted by Gasteiger charge is 2.19. The second-order valence-electron chi connectivity index (χ2n) is 8.64. The second-order valence-corrected chi connectivity index (χ2v) is 10.4. The van der Waals surface area contributed by atoms with Crippen molar-refractivity contribution in [3.05, 3.63) is 59.5 Å². The highest BCUT2D eigenvalue weighted by atomic mass is 32.2. The van der Waals surface area contributed by atoms with E-state index in [9.17, 15) is 8.42 Å². The van der Waals surface area contributed by atoms with E-state index in [-0.39, 0.29) is 6.79 Å². The minimum Gasteiger partial charge on any atom is -0.454 e. The summed E-state index contributed by atoms with van der Waals surface area (Å²) >= 11 is 0. The third-order valence-electron chi connectivity index (χ3n) is 5.41. The Morgan fingerprint density at radius 3 is 2.70 bits per heavy atom. The van der Waals surface area contributed by atoms with Crippen LogP contribution in [0.1, 0.15) is 23.9 Å². The molecule has 0 amide bonds. The van der Waals surface area contributed by atoms with E-state index in [1.807, 2.05) is 19.1 Å². The van der Waals surface area contributed by atoms with E-state index in [1.54, 1.807) is 18.2 Å². The predicted molar refractivity (Wildman–Crippen MR) is 127 cm³/mol. The Bertz CT molecular complexity index is 1240. The van der Waals surface area contributed by atoms with Crippen LogP contribution < -0.4 is 14.2 Å². The summed E-state index contributed by atoms with van der Waals surface area (Å²) in [5.41, 5.74) is 3.10. The molecule has 1 aliphatic heterocycles. The number of hydrogen-bond donors (Lipinski definition) is 1. The first kappa shape index (κ1) is 23.1.